The van der Waals surface area contributed by atoms with E-state index in [9.17, 15) is 4.79 Å². The molecule has 0 aromatic rings. The third-order valence-electron chi connectivity index (χ3n) is 3.18. The fourth-order valence-corrected chi connectivity index (χ4v) is 1.87. The zero-order valence-electron chi connectivity index (χ0n) is 9.50. The Morgan fingerprint density at radius 2 is 2.21 bits per heavy atom. The molecule has 3 atom stereocenters. The quantitative estimate of drug-likeness (QED) is 0.504. The maximum absolute atomic E-state index is 11.3. The fraction of sp³-hybridized carbons (Fsp3) is 0.909. The minimum Gasteiger partial charge on any atom is -0.467 e. The van der Waals surface area contributed by atoms with E-state index in [1.807, 2.05) is 0 Å². The highest BCUT2D eigenvalue weighted by molar-refractivity contribution is 5.79. The van der Waals surface area contributed by atoms with Crippen LogP contribution in [0.5, 0.6) is 0 Å². The van der Waals surface area contributed by atoms with E-state index in [-0.39, 0.29) is 17.7 Å². The highest BCUT2D eigenvalue weighted by Gasteiger charge is 2.60. The molecule has 0 aliphatic carbocycles. The summed E-state index contributed by atoms with van der Waals surface area (Å²) in [7, 11) is 1.41. The van der Waals surface area contributed by atoms with E-state index in [0.717, 1.165) is 19.3 Å². The van der Waals surface area contributed by atoms with Crippen LogP contribution in [-0.4, -0.2) is 24.8 Å². The Bertz CT molecular complexity index is 215. The Labute approximate surface area is 85.8 Å². The summed E-state index contributed by atoms with van der Waals surface area (Å²) in [5, 5.41) is 0. The third kappa shape index (κ3) is 2.08. The van der Waals surface area contributed by atoms with E-state index in [2.05, 4.69) is 25.5 Å². The number of rotatable bonds is 5. The molecule has 0 radical (unpaired) electrons. The summed E-state index contributed by atoms with van der Waals surface area (Å²) in [6.07, 6.45) is 2.65. The highest BCUT2D eigenvalue weighted by atomic mass is 16.7. The number of carbonyl (C=O) groups excluding carboxylic acids is 1. The molecule has 0 aromatic heterocycles. The lowest BCUT2D eigenvalue weighted by Crippen LogP contribution is -2.23. The number of methoxy groups -OCH3 is 1. The zero-order valence-corrected chi connectivity index (χ0v) is 9.50. The van der Waals surface area contributed by atoms with E-state index < -0.39 is 0 Å². The van der Waals surface area contributed by atoms with Crippen LogP contribution < -0.4 is 0 Å². The van der Waals surface area contributed by atoms with Crippen LogP contribution in [0.2, 0.25) is 0 Å². The van der Waals surface area contributed by atoms with Crippen molar-refractivity contribution in [1.82, 2.24) is 0 Å². The normalized spacial score (nSPS) is 32.4. The Hall–Kier alpha value is -0.570. The van der Waals surface area contributed by atoms with Gasteiger partial charge in [0.1, 0.15) is 5.60 Å². The number of carbonyl (C=O) groups is 1. The van der Waals surface area contributed by atoms with E-state index in [4.69, 9.17) is 4.74 Å². The summed E-state index contributed by atoms with van der Waals surface area (Å²) in [6, 6.07) is 0. The van der Waals surface area contributed by atoms with Crippen LogP contribution in [0.25, 0.3) is 0 Å². The van der Waals surface area contributed by atoms with Gasteiger partial charge >= 0.3 is 5.97 Å². The topological polar surface area (TPSA) is 38.8 Å². The number of esters is 1. The van der Waals surface area contributed by atoms with Crippen LogP contribution in [-0.2, 0) is 14.3 Å². The number of epoxide rings is 1. The Morgan fingerprint density at radius 1 is 1.57 bits per heavy atom. The lowest BCUT2D eigenvalue weighted by molar-refractivity contribution is -0.142. The predicted molar refractivity (Wildman–Crippen MR) is 54.0 cm³/mol. The molecule has 14 heavy (non-hydrogen) atoms. The maximum Gasteiger partial charge on any atom is 0.338 e. The smallest absolute Gasteiger partial charge is 0.338 e. The molecule has 1 saturated heterocycles. The number of ether oxygens (including phenoxy) is 2. The minimum absolute atomic E-state index is 0.220. The van der Waals surface area contributed by atoms with Crippen molar-refractivity contribution in [2.45, 2.75) is 51.7 Å². The molecule has 0 N–H and O–H groups in total. The second kappa shape index (κ2) is 4.30. The van der Waals surface area contributed by atoms with E-state index in [1.165, 1.54) is 7.11 Å². The second-order valence-corrected chi connectivity index (χ2v) is 4.16. The molecule has 1 aliphatic heterocycles. The molecule has 0 saturated carbocycles. The molecule has 0 amide bonds. The van der Waals surface area contributed by atoms with Gasteiger partial charge in [0.05, 0.1) is 7.11 Å². The number of hydrogen-bond donors (Lipinski definition) is 0. The first-order valence-electron chi connectivity index (χ1n) is 5.35. The van der Waals surface area contributed by atoms with Crippen molar-refractivity contribution in [3.63, 3.8) is 0 Å². The molecular weight excluding hydrogens is 180 g/mol. The maximum atomic E-state index is 11.3. The Balaban J connectivity index is 2.52. The standard InChI is InChI=1S/C11H20O3/c1-5-8(3)7-11(6-2)9(14-11)10(12)13-4/h8-9H,5-7H2,1-4H3. The van der Waals surface area contributed by atoms with Crippen LogP contribution in [0.3, 0.4) is 0 Å². The van der Waals surface area contributed by atoms with Gasteiger partial charge in [-0.05, 0) is 18.8 Å². The van der Waals surface area contributed by atoms with Crippen LogP contribution >= 0.6 is 0 Å². The lowest BCUT2D eigenvalue weighted by atomic mass is 9.89. The van der Waals surface area contributed by atoms with Gasteiger partial charge in [-0.25, -0.2) is 4.79 Å². The molecule has 82 valence electrons. The van der Waals surface area contributed by atoms with E-state index in [1.54, 1.807) is 0 Å². The van der Waals surface area contributed by atoms with Crippen molar-refractivity contribution in [3.05, 3.63) is 0 Å². The summed E-state index contributed by atoms with van der Waals surface area (Å²) in [5.74, 6) is 0.375. The second-order valence-electron chi connectivity index (χ2n) is 4.16. The first-order chi connectivity index (χ1) is 6.59. The molecular formula is C11H20O3. The van der Waals surface area contributed by atoms with Crippen molar-refractivity contribution in [2.75, 3.05) is 7.11 Å². The molecule has 1 fully saturated rings. The van der Waals surface area contributed by atoms with Gasteiger partial charge in [0, 0.05) is 0 Å². The van der Waals surface area contributed by atoms with E-state index >= 15 is 0 Å². The first-order valence-corrected chi connectivity index (χ1v) is 5.35. The molecule has 1 rings (SSSR count). The molecule has 3 nitrogen and oxygen atoms in total. The molecule has 3 heteroatoms. The van der Waals surface area contributed by atoms with Gasteiger partial charge in [0.25, 0.3) is 0 Å². The Morgan fingerprint density at radius 3 is 2.64 bits per heavy atom. The van der Waals surface area contributed by atoms with Crippen molar-refractivity contribution in [2.24, 2.45) is 5.92 Å². The van der Waals surface area contributed by atoms with Crippen LogP contribution in [0.15, 0.2) is 0 Å². The molecule has 0 bridgehead atoms. The van der Waals surface area contributed by atoms with E-state index in [0.29, 0.717) is 5.92 Å². The molecule has 0 aromatic carbocycles. The van der Waals surface area contributed by atoms with Gasteiger partial charge in [-0.15, -0.1) is 0 Å². The summed E-state index contributed by atoms with van der Waals surface area (Å²) in [6.45, 7) is 6.41. The third-order valence-corrected chi connectivity index (χ3v) is 3.18. The SMILES string of the molecule is CCC(C)CC1(CC)OC1C(=O)OC. The van der Waals surface area contributed by atoms with Gasteiger partial charge in [-0.2, -0.15) is 0 Å². The monoisotopic (exact) mass is 200 g/mol. The zero-order chi connectivity index (χ0) is 10.8. The molecule has 1 aliphatic rings. The van der Waals surface area contributed by atoms with Gasteiger partial charge in [-0.1, -0.05) is 27.2 Å². The summed E-state index contributed by atoms with van der Waals surface area (Å²) in [5.41, 5.74) is -0.220. The van der Waals surface area contributed by atoms with Crippen LogP contribution in [0.1, 0.15) is 40.0 Å². The average molecular weight is 200 g/mol. The largest absolute Gasteiger partial charge is 0.467 e. The fourth-order valence-electron chi connectivity index (χ4n) is 1.87. The van der Waals surface area contributed by atoms with Crippen molar-refractivity contribution >= 4 is 5.97 Å². The Kier molecular flexibility index (Phi) is 3.53. The highest BCUT2D eigenvalue weighted by Crippen LogP contribution is 2.45. The molecule has 1 heterocycles. The average Bonchev–Trinajstić information content (AvgIpc) is 2.92. The summed E-state index contributed by atoms with van der Waals surface area (Å²) < 4.78 is 10.2. The van der Waals surface area contributed by atoms with Crippen molar-refractivity contribution in [3.8, 4) is 0 Å². The van der Waals surface area contributed by atoms with Crippen molar-refractivity contribution < 1.29 is 14.3 Å². The van der Waals surface area contributed by atoms with Gasteiger partial charge in [-0.3, -0.25) is 0 Å². The van der Waals surface area contributed by atoms with Gasteiger partial charge in [0.2, 0.25) is 0 Å². The van der Waals surface area contributed by atoms with Gasteiger partial charge < -0.3 is 9.47 Å². The van der Waals surface area contributed by atoms with Crippen molar-refractivity contribution in [1.29, 1.82) is 0 Å². The van der Waals surface area contributed by atoms with Gasteiger partial charge in [0.15, 0.2) is 6.10 Å². The summed E-state index contributed by atoms with van der Waals surface area (Å²) in [4.78, 5) is 11.3. The summed E-state index contributed by atoms with van der Waals surface area (Å²) >= 11 is 0. The lowest BCUT2D eigenvalue weighted by Gasteiger charge is -2.14. The predicted octanol–water partition coefficient (Wildman–Crippen LogP) is 2.14. The first kappa shape index (κ1) is 11.5. The number of hydrogen-bond acceptors (Lipinski definition) is 3. The molecule has 3 unspecified atom stereocenters. The van der Waals surface area contributed by atoms with Crippen LogP contribution in [0.4, 0.5) is 0 Å². The van der Waals surface area contributed by atoms with Crippen LogP contribution in [0, 0.1) is 5.92 Å². The molecule has 0 spiro atoms. The minimum atomic E-state index is -0.313.